The van der Waals surface area contributed by atoms with Gasteiger partial charge in [0, 0.05) is 0 Å². The van der Waals surface area contributed by atoms with Crippen LogP contribution in [0.4, 0.5) is 11.5 Å². The summed E-state index contributed by atoms with van der Waals surface area (Å²) in [5.74, 6) is 0.811. The molecule has 0 saturated carbocycles. The van der Waals surface area contributed by atoms with Gasteiger partial charge in [-0.1, -0.05) is 25.4 Å². The quantitative estimate of drug-likeness (QED) is 0.688. The number of aliphatic hydroxyl groups excluding tert-OH is 1. The molecule has 0 saturated heterocycles. The van der Waals surface area contributed by atoms with Gasteiger partial charge < -0.3 is 16.2 Å². The first-order valence-corrected chi connectivity index (χ1v) is 5.21. The molecular weight excluding hydrogens is 214 g/mol. The zero-order chi connectivity index (χ0) is 11.4. The van der Waals surface area contributed by atoms with Gasteiger partial charge in [-0.15, -0.1) is 0 Å². The van der Waals surface area contributed by atoms with Crippen molar-refractivity contribution in [2.45, 2.75) is 19.9 Å². The van der Waals surface area contributed by atoms with Crippen LogP contribution in [0.15, 0.2) is 12.1 Å². The molecule has 0 radical (unpaired) electrons. The van der Waals surface area contributed by atoms with Crippen LogP contribution in [0, 0.1) is 5.92 Å². The number of anilines is 2. The van der Waals surface area contributed by atoms with Crippen LogP contribution >= 0.6 is 11.6 Å². The lowest BCUT2D eigenvalue weighted by Crippen LogP contribution is -2.30. The second kappa shape index (κ2) is 5.19. The van der Waals surface area contributed by atoms with Crippen molar-refractivity contribution < 1.29 is 5.11 Å². The van der Waals surface area contributed by atoms with Gasteiger partial charge in [0.25, 0.3) is 0 Å². The first-order chi connectivity index (χ1) is 7.04. The van der Waals surface area contributed by atoms with E-state index in [2.05, 4.69) is 10.3 Å². The molecule has 5 heteroatoms. The van der Waals surface area contributed by atoms with E-state index in [0.29, 0.717) is 16.7 Å². The number of aliphatic hydroxyl groups is 1. The second-order valence-electron chi connectivity index (χ2n) is 3.75. The maximum atomic E-state index is 9.15. The predicted octanol–water partition coefficient (Wildman–Crippen LogP) is 1.75. The molecule has 0 aliphatic heterocycles. The van der Waals surface area contributed by atoms with E-state index in [4.69, 9.17) is 22.4 Å². The Kier molecular flexibility index (Phi) is 4.17. The highest BCUT2D eigenvalue weighted by Crippen LogP contribution is 2.20. The van der Waals surface area contributed by atoms with Crippen LogP contribution < -0.4 is 11.1 Å². The maximum absolute atomic E-state index is 9.15. The Bertz CT molecular complexity index is 330. The molecule has 1 aromatic rings. The van der Waals surface area contributed by atoms with Crippen LogP contribution in [-0.4, -0.2) is 22.7 Å². The van der Waals surface area contributed by atoms with Gasteiger partial charge in [0.2, 0.25) is 0 Å². The molecule has 1 atom stereocenters. The molecule has 0 fully saturated rings. The average molecular weight is 230 g/mol. The monoisotopic (exact) mass is 229 g/mol. The number of nitrogens with zero attached hydrogens (tertiary/aromatic N) is 1. The molecule has 84 valence electrons. The molecule has 1 aromatic heterocycles. The number of halogens is 1. The lowest BCUT2D eigenvalue weighted by molar-refractivity contribution is 0.249. The second-order valence-corrected chi connectivity index (χ2v) is 4.14. The van der Waals surface area contributed by atoms with Crippen molar-refractivity contribution in [1.29, 1.82) is 0 Å². The van der Waals surface area contributed by atoms with Crippen molar-refractivity contribution in [1.82, 2.24) is 4.98 Å². The van der Waals surface area contributed by atoms with Crippen LogP contribution in [0.1, 0.15) is 13.8 Å². The molecule has 0 aliphatic rings. The Morgan fingerprint density at radius 3 is 2.73 bits per heavy atom. The topological polar surface area (TPSA) is 71.2 Å². The van der Waals surface area contributed by atoms with Gasteiger partial charge in [0.1, 0.15) is 5.15 Å². The fraction of sp³-hybridized carbons (Fsp3) is 0.500. The Morgan fingerprint density at radius 2 is 2.20 bits per heavy atom. The number of hydrogen-bond donors (Lipinski definition) is 3. The van der Waals surface area contributed by atoms with Crippen molar-refractivity contribution in [2.24, 2.45) is 5.92 Å². The highest BCUT2D eigenvalue weighted by atomic mass is 35.5. The van der Waals surface area contributed by atoms with Crippen molar-refractivity contribution in [3.8, 4) is 0 Å². The Morgan fingerprint density at radius 1 is 1.53 bits per heavy atom. The van der Waals surface area contributed by atoms with Crippen molar-refractivity contribution >= 4 is 23.1 Å². The van der Waals surface area contributed by atoms with Gasteiger partial charge in [-0.25, -0.2) is 4.98 Å². The Hall–Kier alpha value is -1.00. The number of aromatic nitrogens is 1. The maximum Gasteiger partial charge on any atom is 0.151 e. The minimum absolute atomic E-state index is 0.0330. The smallest absolute Gasteiger partial charge is 0.151 e. The summed E-state index contributed by atoms with van der Waals surface area (Å²) in [6, 6.07) is 3.25. The zero-order valence-corrected chi connectivity index (χ0v) is 9.62. The van der Waals surface area contributed by atoms with E-state index in [1.54, 1.807) is 12.1 Å². The number of rotatable bonds is 4. The summed E-state index contributed by atoms with van der Waals surface area (Å²) >= 11 is 5.75. The van der Waals surface area contributed by atoms with Gasteiger partial charge in [0.05, 0.1) is 18.3 Å². The predicted molar refractivity (Wildman–Crippen MR) is 63.0 cm³/mol. The molecule has 1 heterocycles. The number of hydrogen-bond acceptors (Lipinski definition) is 4. The fourth-order valence-electron chi connectivity index (χ4n) is 1.16. The molecule has 15 heavy (non-hydrogen) atoms. The van der Waals surface area contributed by atoms with Crippen LogP contribution in [0.5, 0.6) is 0 Å². The number of nitrogen functional groups attached to an aromatic ring is 1. The summed E-state index contributed by atoms with van der Waals surface area (Å²) < 4.78 is 0. The van der Waals surface area contributed by atoms with E-state index < -0.39 is 0 Å². The van der Waals surface area contributed by atoms with Crippen molar-refractivity contribution in [3.05, 3.63) is 17.3 Å². The van der Waals surface area contributed by atoms with Gasteiger partial charge in [-0.05, 0) is 18.1 Å². The highest BCUT2D eigenvalue weighted by molar-refractivity contribution is 6.29. The fourth-order valence-corrected chi connectivity index (χ4v) is 1.31. The van der Waals surface area contributed by atoms with Crippen LogP contribution in [0.25, 0.3) is 0 Å². The average Bonchev–Trinajstić information content (AvgIpc) is 2.18. The van der Waals surface area contributed by atoms with E-state index in [1.165, 1.54) is 0 Å². The third kappa shape index (κ3) is 3.25. The van der Waals surface area contributed by atoms with E-state index in [1.807, 2.05) is 13.8 Å². The molecule has 0 aliphatic carbocycles. The van der Waals surface area contributed by atoms with Crippen molar-refractivity contribution in [2.75, 3.05) is 17.7 Å². The van der Waals surface area contributed by atoms with E-state index in [9.17, 15) is 0 Å². The number of nitrogens with two attached hydrogens (primary N) is 1. The third-order valence-corrected chi connectivity index (χ3v) is 2.43. The van der Waals surface area contributed by atoms with E-state index in [-0.39, 0.29) is 18.6 Å². The SMILES string of the molecule is CC(C)C(CO)Nc1nc(Cl)ccc1N. The summed E-state index contributed by atoms with van der Waals surface area (Å²) in [5, 5.41) is 12.6. The molecule has 0 amide bonds. The molecule has 4 nitrogen and oxygen atoms in total. The Labute approximate surface area is 94.5 Å². The minimum Gasteiger partial charge on any atom is -0.396 e. The van der Waals surface area contributed by atoms with Gasteiger partial charge in [-0.3, -0.25) is 0 Å². The van der Waals surface area contributed by atoms with Gasteiger partial charge >= 0.3 is 0 Å². The molecule has 1 unspecified atom stereocenters. The molecule has 0 spiro atoms. The van der Waals surface area contributed by atoms with E-state index in [0.717, 1.165) is 0 Å². The molecule has 1 rings (SSSR count). The summed E-state index contributed by atoms with van der Waals surface area (Å²) in [4.78, 5) is 4.06. The lowest BCUT2D eigenvalue weighted by atomic mass is 10.1. The Balaban J connectivity index is 2.82. The minimum atomic E-state index is -0.0710. The molecule has 4 N–H and O–H groups in total. The summed E-state index contributed by atoms with van der Waals surface area (Å²) in [6.45, 7) is 4.05. The number of pyridine rings is 1. The summed E-state index contributed by atoms with van der Waals surface area (Å²) in [5.41, 5.74) is 6.25. The normalized spacial score (nSPS) is 12.9. The van der Waals surface area contributed by atoms with Crippen LogP contribution in [0.3, 0.4) is 0 Å². The third-order valence-electron chi connectivity index (χ3n) is 2.22. The van der Waals surface area contributed by atoms with Gasteiger partial charge in [-0.2, -0.15) is 0 Å². The number of nitrogens with one attached hydrogen (secondary N) is 1. The highest BCUT2D eigenvalue weighted by Gasteiger charge is 2.13. The molecular formula is C10H16ClN3O. The zero-order valence-electron chi connectivity index (χ0n) is 8.87. The van der Waals surface area contributed by atoms with E-state index >= 15 is 0 Å². The van der Waals surface area contributed by atoms with Crippen molar-refractivity contribution in [3.63, 3.8) is 0 Å². The largest absolute Gasteiger partial charge is 0.396 e. The summed E-state index contributed by atoms with van der Waals surface area (Å²) in [6.07, 6.45) is 0. The first-order valence-electron chi connectivity index (χ1n) is 4.84. The van der Waals surface area contributed by atoms with Crippen LogP contribution in [-0.2, 0) is 0 Å². The van der Waals surface area contributed by atoms with Crippen LogP contribution in [0.2, 0.25) is 5.15 Å². The van der Waals surface area contributed by atoms with Gasteiger partial charge in [0.15, 0.2) is 5.82 Å². The standard InChI is InChI=1S/C10H16ClN3O/c1-6(2)8(5-15)13-10-7(12)3-4-9(11)14-10/h3-4,6,8,15H,5,12H2,1-2H3,(H,13,14). The summed E-state index contributed by atoms with van der Waals surface area (Å²) in [7, 11) is 0. The first kappa shape index (κ1) is 12.1. The molecule has 0 aromatic carbocycles. The lowest BCUT2D eigenvalue weighted by Gasteiger charge is -2.21. The molecule has 0 bridgehead atoms.